The van der Waals surface area contributed by atoms with E-state index < -0.39 is 5.97 Å². The number of carbonyl (C=O) groups is 2. The molecule has 3 rings (SSSR count). The number of carbonyl (C=O) groups excluding carboxylic acids is 2. The van der Waals surface area contributed by atoms with E-state index in [9.17, 15) is 9.59 Å². The highest BCUT2D eigenvalue weighted by atomic mass is 32.1. The molecule has 0 heterocycles. The van der Waals surface area contributed by atoms with Crippen LogP contribution in [-0.4, -0.2) is 16.6 Å². The van der Waals surface area contributed by atoms with Gasteiger partial charge in [0.1, 0.15) is 18.1 Å². The number of Topliss-reactive ketones (excluding diaryl/α,β-unsaturated/α-hetero) is 1. The molecule has 0 aromatic heterocycles. The van der Waals surface area contributed by atoms with Gasteiger partial charge in [-0.3, -0.25) is 9.59 Å². The summed E-state index contributed by atoms with van der Waals surface area (Å²) in [5.74, 6) is -0.0896. The lowest BCUT2D eigenvalue weighted by Crippen LogP contribution is -2.20. The van der Waals surface area contributed by atoms with Crippen molar-refractivity contribution in [3.63, 3.8) is 0 Å². The lowest BCUT2D eigenvalue weighted by atomic mass is 9.93. The average Bonchev–Trinajstić information content (AvgIpc) is 2.58. The van der Waals surface area contributed by atoms with E-state index in [2.05, 4.69) is 0 Å². The SMILES string of the molecule is CC(=O)OC1=CC(=S)C(=O)c2c(OCc3ccccc3)cccc21. The average molecular weight is 338 g/mol. The van der Waals surface area contributed by atoms with Gasteiger partial charge >= 0.3 is 5.97 Å². The molecule has 2 aromatic rings. The van der Waals surface area contributed by atoms with E-state index in [-0.39, 0.29) is 16.4 Å². The molecule has 0 N–H and O–H groups in total. The molecule has 0 amide bonds. The highest BCUT2D eigenvalue weighted by molar-refractivity contribution is 7.82. The summed E-state index contributed by atoms with van der Waals surface area (Å²) in [6.45, 7) is 1.62. The fraction of sp³-hybridized carbons (Fsp3) is 0.105. The lowest BCUT2D eigenvalue weighted by molar-refractivity contribution is -0.134. The first kappa shape index (κ1) is 16.1. The summed E-state index contributed by atoms with van der Waals surface area (Å²) in [5, 5.41) is 0. The Balaban J connectivity index is 1.96. The third kappa shape index (κ3) is 3.26. The first-order valence-corrected chi connectivity index (χ1v) is 7.76. The molecule has 0 radical (unpaired) electrons. The van der Waals surface area contributed by atoms with Gasteiger partial charge in [-0.2, -0.15) is 0 Å². The van der Waals surface area contributed by atoms with Crippen LogP contribution in [0.25, 0.3) is 5.76 Å². The summed E-state index contributed by atoms with van der Waals surface area (Å²) in [6, 6.07) is 14.8. The number of hydrogen-bond donors (Lipinski definition) is 0. The molecule has 0 atom stereocenters. The van der Waals surface area contributed by atoms with Crippen molar-refractivity contribution >= 4 is 34.6 Å². The molecule has 24 heavy (non-hydrogen) atoms. The van der Waals surface area contributed by atoms with Crippen molar-refractivity contribution in [2.75, 3.05) is 0 Å². The Morgan fingerprint density at radius 1 is 1.08 bits per heavy atom. The van der Waals surface area contributed by atoms with Crippen molar-refractivity contribution in [3.8, 4) is 5.75 Å². The van der Waals surface area contributed by atoms with Crippen molar-refractivity contribution in [3.05, 3.63) is 71.3 Å². The van der Waals surface area contributed by atoms with Crippen molar-refractivity contribution < 1.29 is 19.1 Å². The van der Waals surface area contributed by atoms with Gasteiger partial charge in [0.15, 0.2) is 0 Å². The van der Waals surface area contributed by atoms with Crippen LogP contribution in [0.15, 0.2) is 54.6 Å². The minimum Gasteiger partial charge on any atom is -0.488 e. The van der Waals surface area contributed by atoms with Gasteiger partial charge in [-0.05, 0) is 11.6 Å². The molecule has 0 aliphatic heterocycles. The molecule has 2 aromatic carbocycles. The zero-order chi connectivity index (χ0) is 17.1. The predicted octanol–water partition coefficient (Wildman–Crippen LogP) is 3.74. The minimum atomic E-state index is -0.472. The molecule has 0 unspecified atom stereocenters. The molecule has 0 bridgehead atoms. The predicted molar refractivity (Wildman–Crippen MR) is 93.9 cm³/mol. The van der Waals surface area contributed by atoms with Gasteiger partial charge in [0.25, 0.3) is 0 Å². The number of esters is 1. The minimum absolute atomic E-state index is 0.0921. The molecule has 4 nitrogen and oxygen atoms in total. The normalized spacial score (nSPS) is 13.1. The summed E-state index contributed by atoms with van der Waals surface area (Å²) < 4.78 is 11.0. The largest absolute Gasteiger partial charge is 0.488 e. The van der Waals surface area contributed by atoms with E-state index in [4.69, 9.17) is 21.7 Å². The summed E-state index contributed by atoms with van der Waals surface area (Å²) in [4.78, 5) is 23.8. The maximum Gasteiger partial charge on any atom is 0.308 e. The molecule has 1 aliphatic carbocycles. The second kappa shape index (κ2) is 6.76. The molecular formula is C19H14O4S. The van der Waals surface area contributed by atoms with Crippen molar-refractivity contribution in [1.29, 1.82) is 0 Å². The van der Waals surface area contributed by atoms with Gasteiger partial charge in [-0.15, -0.1) is 0 Å². The van der Waals surface area contributed by atoms with E-state index in [0.717, 1.165) is 5.56 Å². The Morgan fingerprint density at radius 3 is 2.54 bits per heavy atom. The van der Waals surface area contributed by atoms with Crippen LogP contribution in [0.4, 0.5) is 0 Å². The Morgan fingerprint density at radius 2 is 1.83 bits per heavy atom. The molecule has 5 heteroatoms. The molecule has 0 saturated carbocycles. The zero-order valence-corrected chi connectivity index (χ0v) is 13.8. The van der Waals surface area contributed by atoms with Crippen molar-refractivity contribution in [2.24, 2.45) is 0 Å². The monoisotopic (exact) mass is 338 g/mol. The maximum absolute atomic E-state index is 12.5. The van der Waals surface area contributed by atoms with E-state index in [0.29, 0.717) is 23.5 Å². The first-order chi connectivity index (χ1) is 11.6. The van der Waals surface area contributed by atoms with Crippen LogP contribution < -0.4 is 4.74 Å². The second-order valence-corrected chi connectivity index (χ2v) is 5.69. The van der Waals surface area contributed by atoms with Gasteiger partial charge in [0, 0.05) is 18.6 Å². The van der Waals surface area contributed by atoms with Crippen LogP contribution in [0.1, 0.15) is 28.4 Å². The van der Waals surface area contributed by atoms with E-state index in [1.807, 2.05) is 30.3 Å². The number of fused-ring (bicyclic) bond motifs is 1. The number of hydrogen-bond acceptors (Lipinski definition) is 5. The van der Waals surface area contributed by atoms with Crippen LogP contribution >= 0.6 is 12.2 Å². The second-order valence-electron chi connectivity index (χ2n) is 5.25. The number of thiocarbonyl (C=S) groups is 1. The van der Waals surface area contributed by atoms with Gasteiger partial charge in [-0.1, -0.05) is 54.7 Å². The van der Waals surface area contributed by atoms with Gasteiger partial charge < -0.3 is 9.47 Å². The topological polar surface area (TPSA) is 52.6 Å². The van der Waals surface area contributed by atoms with Crippen LogP contribution in [0, 0.1) is 0 Å². The van der Waals surface area contributed by atoms with Gasteiger partial charge in [-0.25, -0.2) is 0 Å². The van der Waals surface area contributed by atoms with Crippen LogP contribution in [0.3, 0.4) is 0 Å². The Hall–Kier alpha value is -2.79. The molecule has 0 spiro atoms. The Labute approximate surface area is 144 Å². The van der Waals surface area contributed by atoms with Gasteiger partial charge in [0.2, 0.25) is 5.78 Å². The quantitative estimate of drug-likeness (QED) is 0.628. The highest BCUT2D eigenvalue weighted by Gasteiger charge is 2.28. The number of allylic oxidation sites excluding steroid dienone is 1. The van der Waals surface area contributed by atoms with Crippen molar-refractivity contribution in [1.82, 2.24) is 0 Å². The third-order valence-electron chi connectivity index (χ3n) is 3.50. The summed E-state index contributed by atoms with van der Waals surface area (Å²) in [5.41, 5.74) is 1.82. The van der Waals surface area contributed by atoms with E-state index in [1.54, 1.807) is 18.2 Å². The molecule has 0 fully saturated rings. The summed E-state index contributed by atoms with van der Waals surface area (Å²) in [6.07, 6.45) is 1.41. The lowest BCUT2D eigenvalue weighted by Gasteiger charge is -2.19. The maximum atomic E-state index is 12.5. The van der Waals surface area contributed by atoms with E-state index in [1.165, 1.54) is 13.0 Å². The number of benzene rings is 2. The van der Waals surface area contributed by atoms with Crippen LogP contribution in [0.5, 0.6) is 5.75 Å². The van der Waals surface area contributed by atoms with Gasteiger partial charge in [0.05, 0.1) is 10.4 Å². The van der Waals surface area contributed by atoms with Crippen LogP contribution in [-0.2, 0) is 16.1 Å². The zero-order valence-electron chi connectivity index (χ0n) is 12.9. The highest BCUT2D eigenvalue weighted by Crippen LogP contribution is 2.33. The number of rotatable bonds is 4. The standard InChI is InChI=1S/C19H14O4S/c1-12(20)23-16-10-17(24)19(21)18-14(16)8-5-9-15(18)22-11-13-6-3-2-4-7-13/h2-10H,11H2,1H3. The fourth-order valence-corrected chi connectivity index (χ4v) is 2.66. The number of ketones is 1. The molecular weight excluding hydrogens is 324 g/mol. The van der Waals surface area contributed by atoms with Crippen molar-refractivity contribution in [2.45, 2.75) is 13.5 Å². The summed E-state index contributed by atoms with van der Waals surface area (Å²) in [7, 11) is 0. The molecule has 1 aliphatic rings. The number of ether oxygens (including phenoxy) is 2. The molecule has 120 valence electrons. The van der Waals surface area contributed by atoms with E-state index >= 15 is 0 Å². The fourth-order valence-electron chi connectivity index (χ4n) is 2.45. The first-order valence-electron chi connectivity index (χ1n) is 7.35. The third-order valence-corrected chi connectivity index (χ3v) is 3.80. The Kier molecular flexibility index (Phi) is 4.53. The summed E-state index contributed by atoms with van der Waals surface area (Å²) >= 11 is 5.10. The smallest absolute Gasteiger partial charge is 0.308 e. The Bertz CT molecular complexity index is 853. The van der Waals surface area contributed by atoms with Crippen LogP contribution in [0.2, 0.25) is 0 Å². The molecule has 0 saturated heterocycles.